The molecule has 84 valence electrons. The summed E-state index contributed by atoms with van der Waals surface area (Å²) in [6, 6.07) is 10.8. The van der Waals surface area contributed by atoms with Crippen molar-refractivity contribution in [2.24, 2.45) is 0 Å². The van der Waals surface area contributed by atoms with E-state index in [1.807, 2.05) is 18.2 Å². The first-order valence-electron chi connectivity index (χ1n) is 4.54. The van der Waals surface area contributed by atoms with Crippen LogP contribution in [0.2, 0.25) is 0 Å². The third-order valence-corrected chi connectivity index (χ3v) is 4.60. The van der Waals surface area contributed by atoms with Gasteiger partial charge in [0, 0.05) is 9.86 Å². The Morgan fingerprint density at radius 2 is 1.81 bits per heavy atom. The normalized spacial score (nSPS) is 11.9. The summed E-state index contributed by atoms with van der Waals surface area (Å²) in [7, 11) is -2.55. The van der Waals surface area contributed by atoms with E-state index in [1.165, 1.54) is 0 Å². The van der Waals surface area contributed by atoms with Gasteiger partial charge in [-0.1, -0.05) is 30.3 Å². The Morgan fingerprint density at radius 1 is 1.12 bits per heavy atom. The molecule has 0 saturated heterocycles. The molecule has 0 aliphatic carbocycles. The molecule has 0 atom stereocenters. The van der Waals surface area contributed by atoms with Gasteiger partial charge in [0.25, 0.3) is 10.1 Å². The van der Waals surface area contributed by atoms with E-state index in [0.29, 0.717) is 9.86 Å². The van der Waals surface area contributed by atoms with E-state index in [-0.39, 0.29) is 4.90 Å². The van der Waals surface area contributed by atoms with E-state index in [4.69, 9.17) is 0 Å². The quantitative estimate of drug-likeness (QED) is 0.801. The Bertz CT molecular complexity index is 635. The van der Waals surface area contributed by atoms with Crippen LogP contribution in [0.3, 0.4) is 0 Å². The molecule has 0 unspecified atom stereocenters. The van der Waals surface area contributed by atoms with E-state index in [2.05, 4.69) is 20.1 Å². The second-order valence-corrected chi connectivity index (χ2v) is 5.72. The molecular weight excluding hydrogens is 292 g/mol. The lowest BCUT2D eigenvalue weighted by atomic mass is 10.1. The van der Waals surface area contributed by atoms with Gasteiger partial charge < -0.3 is 0 Å². The average molecular weight is 301 g/mol. The maximum atomic E-state index is 11.8. The molecule has 0 aliphatic heterocycles. The first kappa shape index (κ1) is 11.6. The van der Waals surface area contributed by atoms with Gasteiger partial charge in [0.15, 0.2) is 0 Å². The van der Waals surface area contributed by atoms with E-state index in [0.717, 1.165) is 12.5 Å². The molecule has 0 aromatic heterocycles. The molecule has 0 saturated carbocycles. The molecular formula is C11H9BrO3S. The highest BCUT2D eigenvalue weighted by molar-refractivity contribution is 9.10. The van der Waals surface area contributed by atoms with Crippen molar-refractivity contribution in [3.05, 3.63) is 40.9 Å². The monoisotopic (exact) mass is 300 g/mol. The minimum Gasteiger partial charge on any atom is -0.270 e. The maximum Gasteiger partial charge on any atom is 0.298 e. The number of benzene rings is 2. The number of hydrogen-bond acceptors (Lipinski definition) is 3. The van der Waals surface area contributed by atoms with Crippen LogP contribution in [0.15, 0.2) is 45.8 Å². The van der Waals surface area contributed by atoms with Gasteiger partial charge in [0.1, 0.15) is 4.90 Å². The van der Waals surface area contributed by atoms with Crippen molar-refractivity contribution in [1.29, 1.82) is 0 Å². The number of rotatable bonds is 2. The molecule has 2 rings (SSSR count). The molecule has 0 bridgehead atoms. The van der Waals surface area contributed by atoms with Crippen LogP contribution in [0.25, 0.3) is 10.8 Å². The van der Waals surface area contributed by atoms with Crippen LogP contribution < -0.4 is 0 Å². The minimum absolute atomic E-state index is 0.174. The summed E-state index contributed by atoms with van der Waals surface area (Å²) in [5.41, 5.74) is 0. The predicted molar refractivity (Wildman–Crippen MR) is 65.8 cm³/mol. The molecule has 0 amide bonds. The predicted octanol–water partition coefficient (Wildman–Crippen LogP) is 2.94. The highest BCUT2D eigenvalue weighted by atomic mass is 79.9. The molecule has 0 fully saturated rings. The van der Waals surface area contributed by atoms with Crippen molar-refractivity contribution in [3.63, 3.8) is 0 Å². The third kappa shape index (κ3) is 1.86. The Balaban J connectivity index is 2.92. The standard InChI is InChI=1S/C11H9BrO3S/c1-15-16(13,14)11-9-5-3-2-4-8(9)6-7-10(11)12/h2-7H,1H3. The van der Waals surface area contributed by atoms with Gasteiger partial charge in [0.05, 0.1) is 7.11 Å². The van der Waals surface area contributed by atoms with Gasteiger partial charge >= 0.3 is 0 Å². The molecule has 2 aromatic carbocycles. The van der Waals surface area contributed by atoms with Gasteiger partial charge in [-0.25, -0.2) is 0 Å². The fourth-order valence-corrected chi connectivity index (χ4v) is 3.42. The topological polar surface area (TPSA) is 43.4 Å². The summed E-state index contributed by atoms with van der Waals surface area (Å²) < 4.78 is 28.6. The lowest BCUT2D eigenvalue weighted by Crippen LogP contribution is -2.04. The second-order valence-electron chi connectivity index (χ2n) is 3.22. The Hall–Kier alpha value is -0.910. The summed E-state index contributed by atoms with van der Waals surface area (Å²) in [6.45, 7) is 0. The van der Waals surface area contributed by atoms with Crippen molar-refractivity contribution in [1.82, 2.24) is 0 Å². The smallest absolute Gasteiger partial charge is 0.270 e. The summed E-state index contributed by atoms with van der Waals surface area (Å²) in [6.07, 6.45) is 0. The van der Waals surface area contributed by atoms with E-state index < -0.39 is 10.1 Å². The van der Waals surface area contributed by atoms with Crippen LogP contribution in [-0.2, 0) is 14.3 Å². The zero-order valence-corrected chi connectivity index (χ0v) is 10.9. The Morgan fingerprint density at radius 3 is 2.50 bits per heavy atom. The fourth-order valence-electron chi connectivity index (χ4n) is 1.55. The van der Waals surface area contributed by atoms with Gasteiger partial charge in [0.2, 0.25) is 0 Å². The van der Waals surface area contributed by atoms with Gasteiger partial charge in [-0.2, -0.15) is 8.42 Å². The first-order chi connectivity index (χ1) is 7.56. The summed E-state index contributed by atoms with van der Waals surface area (Å²) >= 11 is 3.23. The largest absolute Gasteiger partial charge is 0.298 e. The number of halogens is 1. The van der Waals surface area contributed by atoms with Crippen LogP contribution in [-0.4, -0.2) is 15.5 Å². The first-order valence-corrected chi connectivity index (χ1v) is 6.74. The summed E-state index contributed by atoms with van der Waals surface area (Å²) in [5.74, 6) is 0. The van der Waals surface area contributed by atoms with Crippen LogP contribution in [0, 0.1) is 0 Å². The van der Waals surface area contributed by atoms with E-state index >= 15 is 0 Å². The number of hydrogen-bond donors (Lipinski definition) is 0. The Labute approximate surface area is 102 Å². The summed E-state index contributed by atoms with van der Waals surface area (Å²) in [4.78, 5) is 0.174. The van der Waals surface area contributed by atoms with E-state index in [9.17, 15) is 8.42 Å². The molecule has 3 nitrogen and oxygen atoms in total. The molecule has 0 radical (unpaired) electrons. The molecule has 16 heavy (non-hydrogen) atoms. The SMILES string of the molecule is COS(=O)(=O)c1c(Br)ccc2ccccc12. The van der Waals surface area contributed by atoms with Gasteiger partial charge in [-0.05, 0) is 27.4 Å². The van der Waals surface area contributed by atoms with Crippen LogP contribution >= 0.6 is 15.9 Å². The molecule has 0 N–H and O–H groups in total. The zero-order chi connectivity index (χ0) is 11.8. The highest BCUT2D eigenvalue weighted by Gasteiger charge is 2.20. The molecule has 0 heterocycles. The second kappa shape index (κ2) is 4.16. The number of fused-ring (bicyclic) bond motifs is 1. The van der Waals surface area contributed by atoms with Gasteiger partial charge in [-0.3, -0.25) is 4.18 Å². The van der Waals surface area contributed by atoms with Crippen molar-refractivity contribution in [3.8, 4) is 0 Å². The average Bonchev–Trinajstić information content (AvgIpc) is 2.28. The fraction of sp³-hybridized carbons (Fsp3) is 0.0909. The van der Waals surface area contributed by atoms with Gasteiger partial charge in [-0.15, -0.1) is 0 Å². The molecule has 0 spiro atoms. The minimum atomic E-state index is -3.70. The molecule has 5 heteroatoms. The van der Waals surface area contributed by atoms with Crippen molar-refractivity contribution < 1.29 is 12.6 Å². The Kier molecular flexibility index (Phi) is 3.01. The van der Waals surface area contributed by atoms with Crippen LogP contribution in [0.5, 0.6) is 0 Å². The zero-order valence-electron chi connectivity index (χ0n) is 8.48. The summed E-state index contributed by atoms with van der Waals surface area (Å²) in [5, 5.41) is 1.51. The van der Waals surface area contributed by atoms with Crippen LogP contribution in [0.1, 0.15) is 0 Å². The highest BCUT2D eigenvalue weighted by Crippen LogP contribution is 2.31. The van der Waals surface area contributed by atoms with Crippen molar-refractivity contribution >= 4 is 36.8 Å². The van der Waals surface area contributed by atoms with Crippen LogP contribution in [0.4, 0.5) is 0 Å². The molecule has 0 aliphatic rings. The lowest BCUT2D eigenvalue weighted by molar-refractivity contribution is 0.398. The van der Waals surface area contributed by atoms with Crippen molar-refractivity contribution in [2.45, 2.75) is 4.90 Å². The maximum absolute atomic E-state index is 11.8. The van der Waals surface area contributed by atoms with E-state index in [1.54, 1.807) is 18.2 Å². The third-order valence-electron chi connectivity index (χ3n) is 2.30. The van der Waals surface area contributed by atoms with Crippen molar-refractivity contribution in [2.75, 3.05) is 7.11 Å². The molecule has 2 aromatic rings. The lowest BCUT2D eigenvalue weighted by Gasteiger charge is -2.08.